The zero-order chi connectivity index (χ0) is 83.7. The van der Waals surface area contributed by atoms with E-state index in [1.54, 1.807) is 43.3 Å². The average molecular weight is 1720 g/mol. The van der Waals surface area contributed by atoms with Crippen molar-refractivity contribution < 1.29 is 70.9 Å². The van der Waals surface area contributed by atoms with Gasteiger partial charge in [0.1, 0.15) is 75.9 Å². The van der Waals surface area contributed by atoms with Crippen molar-refractivity contribution in [3.63, 3.8) is 0 Å². The number of carbonyl (C=O) groups excluding carboxylic acids is 2. The molecule has 9 rings (SSSR count). The van der Waals surface area contributed by atoms with Crippen molar-refractivity contribution in [1.82, 2.24) is 25.8 Å². The highest BCUT2D eigenvalue weighted by atomic mass is 79.9. The number of carbonyl (C=O) groups is 2. The molecule has 0 saturated heterocycles. The third-order valence-corrected chi connectivity index (χ3v) is 18.2. The SMILES string of the molecule is BrCCCCBr.CN(CC[C@@H](Oc1ccc(O)cc1)c1ccccc1)C(=O)OC(C)(C)C.CN(CC[C@H](O)c1ccccc1)C(=O)OC(C)(C)C.CNCC[C@@H](Oc1ccc(C(F)(F)F)cc1)c1ccccc1.CNCC[C@@H](Oc1ccc(OCCCCOc2ccc(O[C@H](CCNC)c3ccccc3)cc2)cc1)c1ccccc1. The Labute approximate surface area is 697 Å². The number of alkyl halides is 5. The number of rotatable bonds is 38. The average Bonchev–Trinajstić information content (AvgIpc) is 0.846. The van der Waals surface area contributed by atoms with Crippen LogP contribution in [0.3, 0.4) is 0 Å². The molecule has 0 aliphatic heterocycles. The summed E-state index contributed by atoms with van der Waals surface area (Å²) >= 11 is 6.66. The van der Waals surface area contributed by atoms with Gasteiger partial charge in [0.25, 0.3) is 0 Å². The molecule has 0 aliphatic carbocycles. The summed E-state index contributed by atoms with van der Waals surface area (Å²) in [5, 5.41) is 31.2. The number of nitrogens with zero attached hydrogens (tertiary/aromatic N) is 2. The van der Waals surface area contributed by atoms with Gasteiger partial charge in [-0.3, -0.25) is 0 Å². The van der Waals surface area contributed by atoms with Crippen LogP contribution in [0.2, 0.25) is 0 Å². The van der Waals surface area contributed by atoms with E-state index in [9.17, 15) is 33.0 Å². The fourth-order valence-electron chi connectivity index (χ4n) is 10.9. The third kappa shape index (κ3) is 40.7. The Morgan fingerprint density at radius 3 is 0.939 bits per heavy atom. The molecule has 2 amide bonds. The van der Waals surface area contributed by atoms with Crippen molar-refractivity contribution >= 4 is 44.0 Å². The first kappa shape index (κ1) is 96.3. The van der Waals surface area contributed by atoms with E-state index in [-0.39, 0.29) is 42.4 Å². The van der Waals surface area contributed by atoms with Crippen molar-refractivity contribution in [1.29, 1.82) is 0 Å². The van der Waals surface area contributed by atoms with Gasteiger partial charge in [0.2, 0.25) is 0 Å². The quantitative estimate of drug-likeness (QED) is 0.0181. The molecule has 0 unspecified atom stereocenters. The molecule has 0 radical (unpaired) electrons. The fraction of sp³-hybridized carbons (Fsp3) is 0.398. The first-order valence-corrected chi connectivity index (χ1v) is 41.4. The number of hydrogen-bond acceptors (Lipinski definition) is 15. The lowest BCUT2D eigenvalue weighted by Crippen LogP contribution is -2.35. The van der Waals surface area contributed by atoms with E-state index in [2.05, 4.69) is 72.1 Å². The summed E-state index contributed by atoms with van der Waals surface area (Å²) in [6.45, 7) is 15.8. The summed E-state index contributed by atoms with van der Waals surface area (Å²) in [6.07, 6.45) is 1.96. The van der Waals surface area contributed by atoms with Gasteiger partial charge in [0.05, 0.1) is 24.9 Å². The molecule has 0 saturated carbocycles. The standard InChI is InChI=1S/C36H44N2O4.C21H27NO4.C17H18F3NO.C15H23NO3.C4H8Br2/c1-37-25-23-35(29-11-5-3-6-12-29)41-33-19-15-31(16-20-33)39-27-9-10-28-40-32-17-21-34(22-18-32)42-36(24-26-38-2)30-13-7-4-8-14-30;1-21(2,3)26-20(24)22(4)15-14-19(16-8-6-5-7-9-16)25-18-12-10-17(23)11-13-18;1-21-12-11-16(13-5-3-2-4-6-13)22-15-9-7-14(8-10-15)17(18,19)20;1-15(2,3)19-14(18)16(4)11-10-13(17)12-8-6-5-7-9-12;5-3-1-2-4-6/h3-8,11-22,35-38H,9-10,23-28H2,1-2H3;5-13,19,23H,14-15H2,1-4H3;2-10,16,21H,11-12H2,1H3;5-9,13,17H,10-11H2,1-4H3;1-4H2/t35-,36-;19-;16-;13-;/m1110./s1. The summed E-state index contributed by atoms with van der Waals surface area (Å²) in [4.78, 5) is 26.9. The number of halogens is 5. The van der Waals surface area contributed by atoms with Crippen LogP contribution in [-0.4, -0.2) is 135 Å². The second-order valence-electron chi connectivity index (χ2n) is 29.0. The molecule has 115 heavy (non-hydrogen) atoms. The Balaban J connectivity index is 0.000000280. The van der Waals surface area contributed by atoms with Crippen molar-refractivity contribution in [2.75, 3.05) is 91.8 Å². The Morgan fingerprint density at radius 2 is 0.652 bits per heavy atom. The number of aliphatic hydroxyl groups is 1. The van der Waals surface area contributed by atoms with Crippen LogP contribution in [0.15, 0.2) is 249 Å². The van der Waals surface area contributed by atoms with Crippen LogP contribution in [0.4, 0.5) is 22.8 Å². The van der Waals surface area contributed by atoms with E-state index < -0.39 is 29.0 Å². The summed E-state index contributed by atoms with van der Waals surface area (Å²) in [5.74, 6) is 4.65. The fourth-order valence-corrected chi connectivity index (χ4v) is 11.7. The molecule has 0 aliphatic rings. The second kappa shape index (κ2) is 53.8. The summed E-state index contributed by atoms with van der Waals surface area (Å²) in [5.41, 5.74) is 3.55. The molecule has 0 bridgehead atoms. The number of aromatic hydroxyl groups is 1. The normalized spacial score (nSPS) is 12.4. The van der Waals surface area contributed by atoms with Gasteiger partial charge in [0, 0.05) is 63.5 Å². The number of nitrogens with one attached hydrogen (secondary N) is 3. The summed E-state index contributed by atoms with van der Waals surface area (Å²) in [7, 11) is 9.16. The molecule has 624 valence electrons. The minimum atomic E-state index is -4.33. The van der Waals surface area contributed by atoms with Crippen molar-refractivity contribution in [2.45, 2.75) is 147 Å². The third-order valence-electron chi connectivity index (χ3n) is 17.1. The van der Waals surface area contributed by atoms with E-state index in [1.165, 1.54) is 41.0 Å². The molecule has 9 aromatic rings. The summed E-state index contributed by atoms with van der Waals surface area (Å²) < 4.78 is 84.8. The molecule has 0 aromatic heterocycles. The first-order chi connectivity index (χ1) is 55.2. The molecular formula is C93H120Br2F3N5O12. The summed E-state index contributed by atoms with van der Waals surface area (Å²) in [6, 6.07) is 76.8. The molecule has 17 nitrogen and oxygen atoms in total. The van der Waals surface area contributed by atoms with Crippen LogP contribution < -0.4 is 44.4 Å². The number of hydrogen-bond donors (Lipinski definition) is 5. The monoisotopic (exact) mass is 1710 g/mol. The van der Waals surface area contributed by atoms with Gasteiger partial charge in [-0.25, -0.2) is 9.59 Å². The van der Waals surface area contributed by atoms with Gasteiger partial charge in [-0.05, 0) is 239 Å². The highest BCUT2D eigenvalue weighted by Crippen LogP contribution is 2.34. The molecule has 9 aromatic carbocycles. The zero-order valence-electron chi connectivity index (χ0n) is 68.5. The first-order valence-electron chi connectivity index (χ1n) is 39.2. The van der Waals surface area contributed by atoms with Gasteiger partial charge in [-0.1, -0.05) is 184 Å². The minimum absolute atomic E-state index is 0.00342. The van der Waals surface area contributed by atoms with E-state index >= 15 is 0 Å². The number of amides is 2. The molecule has 5 N–H and O–H groups in total. The lowest BCUT2D eigenvalue weighted by molar-refractivity contribution is -0.137. The zero-order valence-corrected chi connectivity index (χ0v) is 71.7. The highest BCUT2D eigenvalue weighted by molar-refractivity contribution is 9.09. The van der Waals surface area contributed by atoms with Crippen LogP contribution in [-0.2, 0) is 15.7 Å². The molecular weight excluding hydrogens is 1600 g/mol. The maximum Gasteiger partial charge on any atom is 0.416 e. The number of phenols is 1. The lowest BCUT2D eigenvalue weighted by Gasteiger charge is -2.26. The maximum absolute atomic E-state index is 12.6. The molecule has 5 atom stereocenters. The van der Waals surface area contributed by atoms with Crippen LogP contribution in [0.25, 0.3) is 0 Å². The van der Waals surface area contributed by atoms with Gasteiger partial charge in [-0.15, -0.1) is 0 Å². The molecule has 0 spiro atoms. The van der Waals surface area contributed by atoms with Crippen LogP contribution in [0, 0.1) is 0 Å². The van der Waals surface area contributed by atoms with Crippen molar-refractivity contribution in [3.8, 4) is 40.2 Å². The number of aliphatic hydroxyl groups excluding tert-OH is 1. The van der Waals surface area contributed by atoms with Gasteiger partial charge < -0.3 is 73.9 Å². The molecule has 0 heterocycles. The van der Waals surface area contributed by atoms with E-state index in [1.807, 2.05) is 239 Å². The van der Waals surface area contributed by atoms with Crippen molar-refractivity contribution in [2.24, 2.45) is 0 Å². The maximum atomic E-state index is 12.6. The molecule has 0 fully saturated rings. The van der Waals surface area contributed by atoms with E-state index in [0.29, 0.717) is 50.6 Å². The Bertz CT molecular complexity index is 3890. The van der Waals surface area contributed by atoms with E-state index in [0.717, 1.165) is 114 Å². The highest BCUT2D eigenvalue weighted by Gasteiger charge is 2.31. The Hall–Kier alpha value is -9.29. The van der Waals surface area contributed by atoms with Crippen LogP contribution >= 0.6 is 31.9 Å². The number of benzene rings is 9. The Morgan fingerprint density at radius 1 is 0.383 bits per heavy atom. The predicted molar refractivity (Wildman–Crippen MR) is 463 cm³/mol. The number of unbranched alkanes of at least 4 members (excludes halogenated alkanes) is 2. The lowest BCUT2D eigenvalue weighted by atomic mass is 10.1. The number of ether oxygens (including phenoxy) is 8. The van der Waals surface area contributed by atoms with Gasteiger partial charge >= 0.3 is 18.4 Å². The largest absolute Gasteiger partial charge is 0.508 e. The van der Waals surface area contributed by atoms with Crippen LogP contribution in [0.5, 0.6) is 40.2 Å². The van der Waals surface area contributed by atoms with E-state index in [4.69, 9.17) is 37.9 Å². The Kier molecular flexibility index (Phi) is 45.0. The predicted octanol–water partition coefficient (Wildman–Crippen LogP) is 22.1. The minimum Gasteiger partial charge on any atom is -0.508 e. The molecule has 22 heteroatoms. The van der Waals surface area contributed by atoms with Crippen LogP contribution in [0.1, 0.15) is 163 Å². The topological polar surface area (TPSA) is 191 Å². The van der Waals surface area contributed by atoms with Gasteiger partial charge in [0.15, 0.2) is 0 Å². The second-order valence-corrected chi connectivity index (χ2v) is 30.6. The van der Waals surface area contributed by atoms with Crippen molar-refractivity contribution in [3.05, 3.63) is 282 Å². The smallest absolute Gasteiger partial charge is 0.416 e. The number of phenolic OH excluding ortho intramolecular Hbond substituents is 1. The van der Waals surface area contributed by atoms with Gasteiger partial charge in [-0.2, -0.15) is 13.2 Å².